The molecule has 0 aliphatic rings. The average Bonchev–Trinajstić information content (AvgIpc) is 3.16. The number of fused-ring (bicyclic) bond motifs is 1. The van der Waals surface area contributed by atoms with Crippen molar-refractivity contribution >= 4 is 22.8 Å². The van der Waals surface area contributed by atoms with Gasteiger partial charge in [0.05, 0.1) is 11.0 Å². The van der Waals surface area contributed by atoms with Gasteiger partial charge in [0.15, 0.2) is 0 Å². The van der Waals surface area contributed by atoms with Gasteiger partial charge >= 0.3 is 6.36 Å². The third kappa shape index (κ3) is 6.11. The third-order valence-corrected chi connectivity index (χ3v) is 6.43. The van der Waals surface area contributed by atoms with Crippen LogP contribution in [-0.4, -0.2) is 21.7 Å². The van der Waals surface area contributed by atoms with Gasteiger partial charge in [-0.05, 0) is 73.0 Å². The molecule has 0 saturated carbocycles. The van der Waals surface area contributed by atoms with Crippen LogP contribution in [0.1, 0.15) is 25.3 Å². The molecule has 33 heavy (non-hydrogen) atoms. The van der Waals surface area contributed by atoms with Crippen LogP contribution in [0.4, 0.5) is 13.2 Å². The van der Waals surface area contributed by atoms with Crippen LogP contribution in [0.3, 0.4) is 0 Å². The lowest BCUT2D eigenvalue weighted by atomic mass is 10.1. The molecule has 0 radical (unpaired) electrons. The minimum atomic E-state index is -4.71. The van der Waals surface area contributed by atoms with Crippen LogP contribution >= 0.6 is 11.8 Å². The number of aromatic nitrogens is 2. The Labute approximate surface area is 195 Å². The zero-order valence-electron chi connectivity index (χ0n) is 18.3. The molecule has 0 N–H and O–H groups in total. The van der Waals surface area contributed by atoms with E-state index in [1.807, 2.05) is 36.0 Å². The first-order valence-electron chi connectivity index (χ1n) is 11.0. The summed E-state index contributed by atoms with van der Waals surface area (Å²) >= 11 is 1.81. The van der Waals surface area contributed by atoms with E-state index >= 15 is 0 Å². The molecule has 4 rings (SSSR count). The number of ether oxygens (including phenoxy) is 1. The summed E-state index contributed by atoms with van der Waals surface area (Å²) in [5.41, 5.74) is 3.94. The first-order chi connectivity index (χ1) is 15.9. The van der Waals surface area contributed by atoms with Crippen molar-refractivity contribution in [3.8, 4) is 17.1 Å². The quantitative estimate of drug-likeness (QED) is 0.234. The van der Waals surface area contributed by atoms with E-state index in [0.717, 1.165) is 54.0 Å². The average molecular weight is 471 g/mol. The Morgan fingerprint density at radius 1 is 0.970 bits per heavy atom. The first-order valence-corrected chi connectivity index (χ1v) is 11.9. The van der Waals surface area contributed by atoms with E-state index in [2.05, 4.69) is 40.5 Å². The van der Waals surface area contributed by atoms with Crippen LogP contribution in [0.5, 0.6) is 5.75 Å². The van der Waals surface area contributed by atoms with Crippen molar-refractivity contribution in [2.24, 2.45) is 0 Å². The van der Waals surface area contributed by atoms with Crippen LogP contribution in [-0.2, 0) is 13.0 Å². The summed E-state index contributed by atoms with van der Waals surface area (Å²) in [5.74, 6) is 1.55. The molecule has 0 amide bonds. The Kier molecular flexibility index (Phi) is 7.28. The predicted octanol–water partition coefficient (Wildman–Crippen LogP) is 7.74. The Morgan fingerprint density at radius 2 is 1.73 bits per heavy atom. The number of nitrogens with zero attached hydrogens (tertiary/aromatic N) is 2. The van der Waals surface area contributed by atoms with E-state index in [-0.39, 0.29) is 5.75 Å². The topological polar surface area (TPSA) is 27.1 Å². The SMILES string of the molecule is CCCSc1ccc2nc(-c3ccc(OC(F)(F)F)cc3)n(CCCc3ccccc3)c2c1. The minimum Gasteiger partial charge on any atom is -0.406 e. The number of imidazole rings is 1. The summed E-state index contributed by atoms with van der Waals surface area (Å²) in [5, 5.41) is 0. The van der Waals surface area contributed by atoms with Crippen molar-refractivity contribution in [1.29, 1.82) is 0 Å². The minimum absolute atomic E-state index is 0.240. The molecule has 0 spiro atoms. The number of hydrogen-bond donors (Lipinski definition) is 0. The van der Waals surface area contributed by atoms with Gasteiger partial charge in [-0.1, -0.05) is 37.3 Å². The van der Waals surface area contributed by atoms with Gasteiger partial charge in [0, 0.05) is 17.0 Å². The van der Waals surface area contributed by atoms with Gasteiger partial charge in [-0.3, -0.25) is 0 Å². The second-order valence-corrected chi connectivity index (χ2v) is 8.92. The van der Waals surface area contributed by atoms with Gasteiger partial charge in [0.1, 0.15) is 11.6 Å². The molecule has 0 saturated heterocycles. The Hall–Kier alpha value is -2.93. The number of thioether (sulfide) groups is 1. The van der Waals surface area contributed by atoms with Crippen molar-refractivity contribution in [2.75, 3.05) is 5.75 Å². The molecule has 3 nitrogen and oxygen atoms in total. The predicted molar refractivity (Wildman–Crippen MR) is 128 cm³/mol. The highest BCUT2D eigenvalue weighted by atomic mass is 32.2. The molecule has 0 unspecified atom stereocenters. The van der Waals surface area contributed by atoms with Gasteiger partial charge in [-0.25, -0.2) is 4.98 Å². The first kappa shape index (κ1) is 23.2. The second-order valence-electron chi connectivity index (χ2n) is 7.75. The van der Waals surface area contributed by atoms with Gasteiger partial charge < -0.3 is 9.30 Å². The molecule has 0 aliphatic carbocycles. The summed E-state index contributed by atoms with van der Waals surface area (Å²) in [4.78, 5) is 6.01. The van der Waals surface area contributed by atoms with E-state index in [1.165, 1.54) is 22.6 Å². The molecule has 1 aromatic heterocycles. The van der Waals surface area contributed by atoms with Crippen LogP contribution in [0.2, 0.25) is 0 Å². The maximum absolute atomic E-state index is 12.5. The lowest BCUT2D eigenvalue weighted by Crippen LogP contribution is -2.16. The molecule has 3 aromatic carbocycles. The largest absolute Gasteiger partial charge is 0.573 e. The molecule has 0 atom stereocenters. The summed E-state index contributed by atoms with van der Waals surface area (Å²) in [6.45, 7) is 2.91. The number of halogens is 3. The van der Waals surface area contributed by atoms with Crippen molar-refractivity contribution in [2.45, 2.75) is 44.0 Å². The Morgan fingerprint density at radius 3 is 2.42 bits per heavy atom. The Balaban J connectivity index is 1.65. The normalized spacial score (nSPS) is 11.8. The van der Waals surface area contributed by atoms with E-state index in [9.17, 15) is 13.2 Å². The maximum atomic E-state index is 12.5. The molecule has 0 bridgehead atoms. The molecular formula is C26H25F3N2OS. The molecule has 7 heteroatoms. The molecule has 172 valence electrons. The van der Waals surface area contributed by atoms with Crippen molar-refractivity contribution in [3.05, 3.63) is 78.4 Å². The lowest BCUT2D eigenvalue weighted by Gasteiger charge is -2.12. The van der Waals surface area contributed by atoms with E-state index in [0.29, 0.717) is 0 Å². The van der Waals surface area contributed by atoms with Gasteiger partial charge in [0.2, 0.25) is 0 Å². The molecule has 4 aromatic rings. The van der Waals surface area contributed by atoms with Gasteiger partial charge in [-0.2, -0.15) is 0 Å². The highest BCUT2D eigenvalue weighted by Gasteiger charge is 2.31. The number of benzene rings is 3. The van der Waals surface area contributed by atoms with Crippen LogP contribution in [0, 0.1) is 0 Å². The number of alkyl halides is 3. The standard InChI is InChI=1S/C26H25F3N2OS/c1-2-17-33-22-14-15-23-24(18-22)31(16-6-9-19-7-4-3-5-8-19)25(30-23)20-10-12-21(13-11-20)32-26(27,28)29/h3-5,7-8,10-15,18H,2,6,9,16-17H2,1H3. The van der Waals surface area contributed by atoms with Crippen LogP contribution in [0.15, 0.2) is 77.7 Å². The number of hydrogen-bond acceptors (Lipinski definition) is 3. The molecular weight excluding hydrogens is 445 g/mol. The zero-order chi connectivity index (χ0) is 23.3. The van der Waals surface area contributed by atoms with Gasteiger partial charge in [0.25, 0.3) is 0 Å². The smallest absolute Gasteiger partial charge is 0.406 e. The summed E-state index contributed by atoms with van der Waals surface area (Å²) in [7, 11) is 0. The molecule has 0 fully saturated rings. The fraction of sp³-hybridized carbons (Fsp3) is 0.269. The van der Waals surface area contributed by atoms with Crippen LogP contribution in [0.25, 0.3) is 22.4 Å². The van der Waals surface area contributed by atoms with E-state index < -0.39 is 6.36 Å². The fourth-order valence-electron chi connectivity index (χ4n) is 3.75. The van der Waals surface area contributed by atoms with E-state index in [4.69, 9.17) is 4.98 Å². The number of aryl methyl sites for hydroxylation is 2. The highest BCUT2D eigenvalue weighted by molar-refractivity contribution is 7.99. The molecule has 0 aliphatic heterocycles. The maximum Gasteiger partial charge on any atom is 0.573 e. The summed E-state index contributed by atoms with van der Waals surface area (Å²) in [6.07, 6.45) is -1.76. The monoisotopic (exact) mass is 470 g/mol. The third-order valence-electron chi connectivity index (χ3n) is 5.23. The van der Waals surface area contributed by atoms with E-state index in [1.54, 1.807) is 12.1 Å². The lowest BCUT2D eigenvalue weighted by molar-refractivity contribution is -0.274. The van der Waals surface area contributed by atoms with Crippen molar-refractivity contribution < 1.29 is 17.9 Å². The fourth-order valence-corrected chi connectivity index (χ4v) is 4.55. The van der Waals surface area contributed by atoms with Gasteiger partial charge in [-0.15, -0.1) is 24.9 Å². The van der Waals surface area contributed by atoms with Crippen molar-refractivity contribution in [3.63, 3.8) is 0 Å². The second kappa shape index (κ2) is 10.3. The summed E-state index contributed by atoms with van der Waals surface area (Å²) in [6, 6.07) is 22.5. The number of rotatable bonds is 9. The zero-order valence-corrected chi connectivity index (χ0v) is 19.1. The Bertz CT molecular complexity index is 1190. The van der Waals surface area contributed by atoms with Crippen LogP contribution < -0.4 is 4.74 Å². The molecule has 1 heterocycles. The highest BCUT2D eigenvalue weighted by Crippen LogP contribution is 2.31. The van der Waals surface area contributed by atoms with Crippen molar-refractivity contribution in [1.82, 2.24) is 9.55 Å². The summed E-state index contributed by atoms with van der Waals surface area (Å²) < 4.78 is 43.8.